The molecule has 1 aliphatic heterocycles. The fourth-order valence-electron chi connectivity index (χ4n) is 3.29. The maximum Gasteiger partial charge on any atom is 0.193 e. The highest BCUT2D eigenvalue weighted by atomic mass is 127. The van der Waals surface area contributed by atoms with Crippen LogP contribution in [0.3, 0.4) is 0 Å². The van der Waals surface area contributed by atoms with E-state index in [1.165, 1.54) is 5.56 Å². The Balaban J connectivity index is 0.00000261. The highest BCUT2D eigenvalue weighted by Gasteiger charge is 2.24. The van der Waals surface area contributed by atoms with Crippen molar-refractivity contribution in [2.45, 2.75) is 25.8 Å². The number of guanidine groups is 1. The number of halogens is 1. The molecule has 1 N–H and O–H groups in total. The normalized spacial score (nSPS) is 16.1. The average molecular weight is 483 g/mol. The standard InChI is InChI=1S/C20H29N5O.HI/c1-20(2,17-7-5-4-6-8-17)16-22-19(21-3)25-12-10-24(11-13-25)15-18-9-14-26-23-18;/h4-9,14H,10-13,15-16H2,1-3H3,(H,21,22);1H. The number of hydrogen-bond acceptors (Lipinski definition) is 4. The molecule has 3 rings (SSSR count). The molecule has 0 amide bonds. The Morgan fingerprint density at radius 1 is 1.15 bits per heavy atom. The third kappa shape index (κ3) is 5.93. The Hall–Kier alpha value is -1.61. The van der Waals surface area contributed by atoms with E-state index in [1.807, 2.05) is 13.1 Å². The van der Waals surface area contributed by atoms with Crippen LogP contribution in [-0.2, 0) is 12.0 Å². The number of rotatable bonds is 5. The number of nitrogens with zero attached hydrogens (tertiary/aromatic N) is 4. The van der Waals surface area contributed by atoms with E-state index in [0.717, 1.165) is 50.9 Å². The second-order valence-electron chi connectivity index (χ2n) is 7.40. The molecule has 1 saturated heterocycles. The molecule has 6 nitrogen and oxygen atoms in total. The molecule has 1 aliphatic rings. The summed E-state index contributed by atoms with van der Waals surface area (Å²) in [5.41, 5.74) is 2.37. The minimum Gasteiger partial charge on any atom is -0.364 e. The van der Waals surface area contributed by atoms with Gasteiger partial charge in [-0.3, -0.25) is 9.89 Å². The van der Waals surface area contributed by atoms with Gasteiger partial charge in [-0.15, -0.1) is 24.0 Å². The molecule has 2 heterocycles. The highest BCUT2D eigenvalue weighted by molar-refractivity contribution is 14.0. The molecule has 7 heteroatoms. The van der Waals surface area contributed by atoms with Crippen molar-refractivity contribution in [2.24, 2.45) is 4.99 Å². The summed E-state index contributed by atoms with van der Waals surface area (Å²) in [5.74, 6) is 0.982. The number of piperazine rings is 1. The molecular weight excluding hydrogens is 453 g/mol. The molecular formula is C20H30IN5O. The minimum atomic E-state index is 0. The van der Waals surface area contributed by atoms with Crippen LogP contribution in [0.4, 0.5) is 0 Å². The van der Waals surface area contributed by atoms with Gasteiger partial charge in [-0.2, -0.15) is 0 Å². The number of nitrogens with one attached hydrogen (secondary N) is 1. The Morgan fingerprint density at radius 2 is 1.85 bits per heavy atom. The van der Waals surface area contributed by atoms with Gasteiger partial charge in [0.2, 0.25) is 0 Å². The van der Waals surface area contributed by atoms with E-state index >= 15 is 0 Å². The van der Waals surface area contributed by atoms with Crippen molar-refractivity contribution in [3.8, 4) is 0 Å². The van der Waals surface area contributed by atoms with Gasteiger partial charge in [0.05, 0.1) is 5.69 Å². The van der Waals surface area contributed by atoms with Gasteiger partial charge in [0.1, 0.15) is 6.26 Å². The lowest BCUT2D eigenvalue weighted by atomic mass is 9.85. The summed E-state index contributed by atoms with van der Waals surface area (Å²) in [6.45, 7) is 10.1. The topological polar surface area (TPSA) is 56.9 Å². The van der Waals surface area contributed by atoms with Gasteiger partial charge >= 0.3 is 0 Å². The zero-order valence-corrected chi connectivity index (χ0v) is 18.7. The quantitative estimate of drug-likeness (QED) is 0.403. The van der Waals surface area contributed by atoms with Crippen molar-refractivity contribution >= 4 is 29.9 Å². The van der Waals surface area contributed by atoms with Gasteiger partial charge in [-0.25, -0.2) is 0 Å². The predicted molar refractivity (Wildman–Crippen MR) is 120 cm³/mol. The summed E-state index contributed by atoms with van der Waals surface area (Å²) < 4.78 is 4.92. The molecule has 0 saturated carbocycles. The monoisotopic (exact) mass is 483 g/mol. The van der Waals surface area contributed by atoms with Crippen molar-refractivity contribution in [1.82, 2.24) is 20.3 Å². The lowest BCUT2D eigenvalue weighted by Gasteiger charge is -2.37. The average Bonchev–Trinajstić information content (AvgIpc) is 3.17. The molecule has 0 aliphatic carbocycles. The van der Waals surface area contributed by atoms with Gasteiger partial charge in [0.25, 0.3) is 0 Å². The number of hydrogen-bond donors (Lipinski definition) is 1. The molecule has 148 valence electrons. The third-order valence-corrected chi connectivity index (χ3v) is 5.00. The number of aliphatic imine (C=N–C) groups is 1. The summed E-state index contributed by atoms with van der Waals surface area (Å²) >= 11 is 0. The zero-order chi connectivity index (χ0) is 18.4. The SMILES string of the molecule is CN=C(NCC(C)(C)c1ccccc1)N1CCN(Cc2ccon2)CC1.I. The van der Waals surface area contributed by atoms with Crippen LogP contribution in [0.5, 0.6) is 0 Å². The second-order valence-corrected chi connectivity index (χ2v) is 7.40. The van der Waals surface area contributed by atoms with Crippen LogP contribution in [0.1, 0.15) is 25.1 Å². The minimum absolute atomic E-state index is 0. The van der Waals surface area contributed by atoms with Gasteiger partial charge in [-0.05, 0) is 5.56 Å². The fourth-order valence-corrected chi connectivity index (χ4v) is 3.29. The molecule has 1 fully saturated rings. The van der Waals surface area contributed by atoms with Crippen molar-refractivity contribution < 1.29 is 4.52 Å². The lowest BCUT2D eigenvalue weighted by Crippen LogP contribution is -2.53. The van der Waals surface area contributed by atoms with E-state index < -0.39 is 0 Å². The Labute approximate surface area is 179 Å². The zero-order valence-electron chi connectivity index (χ0n) is 16.4. The van der Waals surface area contributed by atoms with E-state index in [0.29, 0.717) is 0 Å². The second kappa shape index (κ2) is 10.1. The van der Waals surface area contributed by atoms with Crippen LogP contribution in [0.2, 0.25) is 0 Å². The van der Waals surface area contributed by atoms with Crippen LogP contribution in [-0.4, -0.2) is 60.7 Å². The Bertz CT molecular complexity index is 694. The van der Waals surface area contributed by atoms with Crippen molar-refractivity contribution in [1.29, 1.82) is 0 Å². The Kier molecular flexibility index (Phi) is 8.09. The van der Waals surface area contributed by atoms with Crippen molar-refractivity contribution in [3.63, 3.8) is 0 Å². The molecule has 1 aromatic carbocycles. The van der Waals surface area contributed by atoms with Crippen molar-refractivity contribution in [2.75, 3.05) is 39.8 Å². The molecule has 0 radical (unpaired) electrons. The van der Waals surface area contributed by atoms with Gasteiger partial charge in [-0.1, -0.05) is 49.3 Å². The van der Waals surface area contributed by atoms with E-state index in [9.17, 15) is 0 Å². The highest BCUT2D eigenvalue weighted by Crippen LogP contribution is 2.21. The molecule has 0 atom stereocenters. The predicted octanol–water partition coefficient (Wildman–Crippen LogP) is 2.96. The van der Waals surface area contributed by atoms with Crippen molar-refractivity contribution in [3.05, 3.63) is 53.9 Å². The van der Waals surface area contributed by atoms with E-state index in [2.05, 4.69) is 69.4 Å². The molecule has 0 bridgehead atoms. The largest absolute Gasteiger partial charge is 0.364 e. The molecule has 0 spiro atoms. The summed E-state index contributed by atoms with van der Waals surface area (Å²) in [6.07, 6.45) is 1.63. The first kappa shape index (κ1) is 21.7. The molecule has 27 heavy (non-hydrogen) atoms. The van der Waals surface area contributed by atoms with Crippen LogP contribution < -0.4 is 5.32 Å². The Morgan fingerprint density at radius 3 is 2.44 bits per heavy atom. The van der Waals surface area contributed by atoms with E-state index in [-0.39, 0.29) is 29.4 Å². The first-order valence-corrected chi connectivity index (χ1v) is 9.21. The van der Waals surface area contributed by atoms with Crippen LogP contribution in [0.25, 0.3) is 0 Å². The number of benzene rings is 1. The van der Waals surface area contributed by atoms with Crippen LogP contribution in [0, 0.1) is 0 Å². The smallest absolute Gasteiger partial charge is 0.193 e. The summed E-state index contributed by atoms with van der Waals surface area (Å²) in [7, 11) is 1.86. The first-order valence-electron chi connectivity index (χ1n) is 9.21. The van der Waals surface area contributed by atoms with Gasteiger partial charge in [0, 0.05) is 57.8 Å². The first-order chi connectivity index (χ1) is 12.6. The lowest BCUT2D eigenvalue weighted by molar-refractivity contribution is 0.168. The van der Waals surface area contributed by atoms with Gasteiger partial charge in [0.15, 0.2) is 5.96 Å². The van der Waals surface area contributed by atoms with Gasteiger partial charge < -0.3 is 14.7 Å². The summed E-state index contributed by atoms with van der Waals surface area (Å²) in [6, 6.07) is 12.6. The van der Waals surface area contributed by atoms with E-state index in [1.54, 1.807) is 6.26 Å². The van der Waals surface area contributed by atoms with E-state index in [4.69, 9.17) is 4.52 Å². The van der Waals surface area contributed by atoms with Crippen LogP contribution >= 0.6 is 24.0 Å². The maximum atomic E-state index is 4.92. The summed E-state index contributed by atoms with van der Waals surface area (Å²) in [5, 5.41) is 7.57. The maximum absolute atomic E-state index is 4.92. The fraction of sp³-hybridized carbons (Fsp3) is 0.500. The number of aromatic nitrogens is 1. The summed E-state index contributed by atoms with van der Waals surface area (Å²) in [4.78, 5) is 9.23. The van der Waals surface area contributed by atoms with Crippen LogP contribution in [0.15, 0.2) is 52.2 Å². The molecule has 0 unspecified atom stereocenters. The molecule has 2 aromatic rings. The molecule has 1 aromatic heterocycles. The third-order valence-electron chi connectivity index (χ3n) is 5.00.